The van der Waals surface area contributed by atoms with E-state index < -0.39 is 0 Å². The Morgan fingerprint density at radius 3 is 1.84 bits per heavy atom. The van der Waals surface area contributed by atoms with Crippen LogP contribution in [0.2, 0.25) is 0 Å². The zero-order chi connectivity index (χ0) is 17.4. The standard InChI is InChI=1S/C23H16.C2H6/c1-15-6-4-7-16(14-15)17-12-13-22-19-9-3-2-8-18(19)21-11-5-10-20(17)23(21)22;1-2/h2-14H,1H3;1-2H3. The molecule has 1 aliphatic rings. The molecule has 0 unspecified atom stereocenters. The molecule has 0 radical (unpaired) electrons. The molecule has 1 aliphatic carbocycles. The molecule has 0 saturated carbocycles. The Morgan fingerprint density at radius 2 is 1.12 bits per heavy atom. The molecule has 122 valence electrons. The van der Waals surface area contributed by atoms with E-state index in [0.717, 1.165) is 0 Å². The highest BCUT2D eigenvalue weighted by molar-refractivity contribution is 6.18. The van der Waals surface area contributed by atoms with Crippen molar-refractivity contribution in [3.05, 3.63) is 84.4 Å². The third-order valence-corrected chi connectivity index (χ3v) is 4.88. The Labute approximate surface area is 149 Å². The number of benzene rings is 4. The third kappa shape index (κ3) is 2.37. The summed E-state index contributed by atoms with van der Waals surface area (Å²) in [7, 11) is 0. The number of aryl methyl sites for hydroxylation is 1. The van der Waals surface area contributed by atoms with Crippen molar-refractivity contribution in [2.75, 3.05) is 0 Å². The van der Waals surface area contributed by atoms with E-state index in [1.807, 2.05) is 13.8 Å². The van der Waals surface area contributed by atoms with Crippen LogP contribution < -0.4 is 0 Å². The Hall–Kier alpha value is -2.86. The van der Waals surface area contributed by atoms with Crippen LogP contribution in [0.3, 0.4) is 0 Å². The van der Waals surface area contributed by atoms with Gasteiger partial charge in [-0.1, -0.05) is 98.3 Å². The van der Waals surface area contributed by atoms with E-state index in [0.29, 0.717) is 0 Å². The predicted octanol–water partition coefficient (Wildman–Crippen LogP) is 7.49. The fourth-order valence-corrected chi connectivity index (χ4v) is 3.87. The maximum atomic E-state index is 2.29. The maximum absolute atomic E-state index is 2.29. The zero-order valence-corrected chi connectivity index (χ0v) is 15.0. The average molecular weight is 322 g/mol. The molecule has 0 atom stereocenters. The van der Waals surface area contributed by atoms with Crippen molar-refractivity contribution in [2.24, 2.45) is 0 Å². The molecule has 0 spiro atoms. The lowest BCUT2D eigenvalue weighted by Crippen LogP contribution is -1.84. The van der Waals surface area contributed by atoms with Gasteiger partial charge in [0.25, 0.3) is 0 Å². The molecule has 25 heavy (non-hydrogen) atoms. The van der Waals surface area contributed by atoms with Gasteiger partial charge in [0.2, 0.25) is 0 Å². The Kier molecular flexibility index (Phi) is 3.89. The third-order valence-electron chi connectivity index (χ3n) is 4.88. The number of hydrogen-bond acceptors (Lipinski definition) is 0. The Bertz CT molecular complexity index is 1040. The molecule has 0 nitrogen and oxygen atoms in total. The van der Waals surface area contributed by atoms with Gasteiger partial charge < -0.3 is 0 Å². The van der Waals surface area contributed by atoms with Gasteiger partial charge >= 0.3 is 0 Å². The minimum absolute atomic E-state index is 1.30. The second-order valence-corrected chi connectivity index (χ2v) is 6.30. The van der Waals surface area contributed by atoms with Gasteiger partial charge in [0, 0.05) is 0 Å². The van der Waals surface area contributed by atoms with E-state index in [9.17, 15) is 0 Å². The van der Waals surface area contributed by atoms with E-state index in [2.05, 4.69) is 85.8 Å². The van der Waals surface area contributed by atoms with Crippen molar-refractivity contribution in [2.45, 2.75) is 20.8 Å². The molecule has 0 fully saturated rings. The summed E-state index contributed by atoms with van der Waals surface area (Å²) < 4.78 is 0. The first-order valence-corrected chi connectivity index (χ1v) is 9.05. The molecule has 0 heteroatoms. The fourth-order valence-electron chi connectivity index (χ4n) is 3.87. The smallest absolute Gasteiger partial charge is 0.00201 e. The molecule has 0 bridgehead atoms. The van der Waals surface area contributed by atoms with Gasteiger partial charge in [-0.05, 0) is 51.1 Å². The second-order valence-electron chi connectivity index (χ2n) is 6.30. The molecule has 0 aliphatic heterocycles. The Balaban J connectivity index is 0.000000758. The molecule has 0 saturated heterocycles. The highest BCUT2D eigenvalue weighted by atomic mass is 14.2. The van der Waals surface area contributed by atoms with E-state index in [1.54, 1.807) is 0 Å². The fraction of sp³-hybridized carbons (Fsp3) is 0.120. The quantitative estimate of drug-likeness (QED) is 0.300. The van der Waals surface area contributed by atoms with Gasteiger partial charge in [-0.3, -0.25) is 0 Å². The van der Waals surface area contributed by atoms with Crippen LogP contribution in [-0.2, 0) is 0 Å². The summed E-state index contributed by atoms with van der Waals surface area (Å²) >= 11 is 0. The van der Waals surface area contributed by atoms with E-state index in [4.69, 9.17) is 0 Å². The van der Waals surface area contributed by atoms with Crippen LogP contribution in [0.5, 0.6) is 0 Å². The highest BCUT2D eigenvalue weighted by Gasteiger charge is 2.21. The van der Waals surface area contributed by atoms with Crippen LogP contribution in [-0.4, -0.2) is 0 Å². The van der Waals surface area contributed by atoms with Crippen molar-refractivity contribution < 1.29 is 0 Å². The molecule has 5 rings (SSSR count). The number of fused-ring (bicyclic) bond motifs is 3. The van der Waals surface area contributed by atoms with Crippen LogP contribution in [0.15, 0.2) is 78.9 Å². The van der Waals surface area contributed by atoms with Gasteiger partial charge in [0.15, 0.2) is 0 Å². The summed E-state index contributed by atoms with van der Waals surface area (Å²) in [5.41, 5.74) is 9.36. The minimum Gasteiger partial charge on any atom is -0.0683 e. The second kappa shape index (κ2) is 6.22. The van der Waals surface area contributed by atoms with E-state index in [-0.39, 0.29) is 0 Å². The first kappa shape index (κ1) is 15.7. The molecule has 4 aromatic carbocycles. The summed E-state index contributed by atoms with van der Waals surface area (Å²) in [5, 5.41) is 2.74. The summed E-state index contributed by atoms with van der Waals surface area (Å²) in [4.78, 5) is 0. The van der Waals surface area contributed by atoms with Crippen LogP contribution in [0, 0.1) is 6.92 Å². The van der Waals surface area contributed by atoms with Gasteiger partial charge in [-0.2, -0.15) is 0 Å². The zero-order valence-electron chi connectivity index (χ0n) is 15.0. The Morgan fingerprint density at radius 1 is 0.520 bits per heavy atom. The lowest BCUT2D eigenvalue weighted by molar-refractivity contribution is 1.47. The van der Waals surface area contributed by atoms with Crippen LogP contribution in [0.4, 0.5) is 0 Å². The molecule has 4 aromatic rings. The van der Waals surface area contributed by atoms with Gasteiger partial charge in [0.05, 0.1) is 0 Å². The molecule has 0 aromatic heterocycles. The summed E-state index contributed by atoms with van der Waals surface area (Å²) in [6.07, 6.45) is 0. The lowest BCUT2D eigenvalue weighted by atomic mass is 9.94. The van der Waals surface area contributed by atoms with Crippen LogP contribution in [0.1, 0.15) is 19.4 Å². The molecule has 0 amide bonds. The van der Waals surface area contributed by atoms with Gasteiger partial charge in [-0.15, -0.1) is 0 Å². The highest BCUT2D eigenvalue weighted by Crippen LogP contribution is 2.48. The largest absolute Gasteiger partial charge is 0.0683 e. The monoisotopic (exact) mass is 322 g/mol. The van der Waals surface area contributed by atoms with Crippen molar-refractivity contribution in [3.8, 4) is 33.4 Å². The molecular formula is C25H22. The predicted molar refractivity (Wildman–Crippen MR) is 110 cm³/mol. The topological polar surface area (TPSA) is 0 Å². The van der Waals surface area contributed by atoms with Crippen LogP contribution in [0.25, 0.3) is 44.2 Å². The first-order chi connectivity index (χ1) is 12.3. The van der Waals surface area contributed by atoms with E-state index in [1.165, 1.54) is 49.7 Å². The minimum atomic E-state index is 1.30. The maximum Gasteiger partial charge on any atom is -0.00201 e. The lowest BCUT2D eigenvalue weighted by Gasteiger charge is -2.10. The summed E-state index contributed by atoms with van der Waals surface area (Å²) in [6, 6.07) is 28.7. The summed E-state index contributed by atoms with van der Waals surface area (Å²) in [6.45, 7) is 6.15. The van der Waals surface area contributed by atoms with Crippen molar-refractivity contribution in [1.29, 1.82) is 0 Å². The van der Waals surface area contributed by atoms with Gasteiger partial charge in [0.1, 0.15) is 0 Å². The van der Waals surface area contributed by atoms with Crippen LogP contribution >= 0.6 is 0 Å². The van der Waals surface area contributed by atoms with E-state index >= 15 is 0 Å². The van der Waals surface area contributed by atoms with Crippen molar-refractivity contribution in [1.82, 2.24) is 0 Å². The summed E-state index contributed by atoms with van der Waals surface area (Å²) in [5.74, 6) is 0. The van der Waals surface area contributed by atoms with Gasteiger partial charge in [-0.25, -0.2) is 0 Å². The number of hydrogen-bond donors (Lipinski definition) is 0. The number of rotatable bonds is 1. The normalized spacial score (nSPS) is 11.0. The van der Waals surface area contributed by atoms with Crippen molar-refractivity contribution >= 4 is 10.8 Å². The van der Waals surface area contributed by atoms with Crippen molar-refractivity contribution in [3.63, 3.8) is 0 Å². The average Bonchev–Trinajstić information content (AvgIpc) is 3.00. The molecule has 0 N–H and O–H groups in total. The SMILES string of the molecule is CC.Cc1cccc(-c2ccc3c4c(cccc24)-c2ccccc2-3)c1. The molecular weight excluding hydrogens is 300 g/mol. The first-order valence-electron chi connectivity index (χ1n) is 9.05. The molecule has 0 heterocycles.